The smallest absolute Gasteiger partial charge is 0.255 e. The first-order valence-electron chi connectivity index (χ1n) is 12.5. The maximum atomic E-state index is 13.7. The lowest BCUT2D eigenvalue weighted by Crippen LogP contribution is -2.25. The number of fused-ring (bicyclic) bond motifs is 2. The van der Waals surface area contributed by atoms with Crippen molar-refractivity contribution in [3.8, 4) is 33.9 Å². The molecule has 3 heterocycles. The molecule has 0 saturated carbocycles. The molecule has 1 N–H and O–H groups in total. The Balaban J connectivity index is 1.61. The van der Waals surface area contributed by atoms with Crippen molar-refractivity contribution in [1.29, 1.82) is 0 Å². The second-order valence-corrected chi connectivity index (χ2v) is 11.4. The summed E-state index contributed by atoms with van der Waals surface area (Å²) in [4.78, 5) is 21.7. The molecule has 3 aromatic carbocycles. The van der Waals surface area contributed by atoms with Gasteiger partial charge in [-0.3, -0.25) is 14.1 Å². The molecule has 0 unspecified atom stereocenters. The number of benzene rings is 3. The Kier molecular flexibility index (Phi) is 6.30. The Morgan fingerprint density at radius 2 is 1.71 bits per heavy atom. The number of aromatic nitrogens is 2. The minimum absolute atomic E-state index is 0.235. The van der Waals surface area contributed by atoms with E-state index in [1.165, 1.54) is 38.4 Å². The van der Waals surface area contributed by atoms with Gasteiger partial charge in [-0.25, -0.2) is 17.8 Å². The molecular weight excluding hydrogens is 547 g/mol. The summed E-state index contributed by atoms with van der Waals surface area (Å²) in [6.45, 7) is 0. The monoisotopic (exact) mass is 570 g/mol. The minimum Gasteiger partial charge on any atom is -0.455 e. The number of sulfonamides is 1. The number of halogens is 1. The molecule has 1 amide bonds. The number of hydrogen-bond donors (Lipinski definition) is 1. The number of rotatable bonds is 6. The average Bonchev–Trinajstić information content (AvgIpc) is 3.57. The lowest BCUT2D eigenvalue weighted by Gasteiger charge is -2.21. The number of nitrogens with zero attached hydrogens (tertiary/aromatic N) is 3. The zero-order valence-corrected chi connectivity index (χ0v) is 23.0. The first-order chi connectivity index (χ1) is 19.6. The first-order valence-corrected chi connectivity index (χ1v) is 14.3. The van der Waals surface area contributed by atoms with Crippen LogP contribution in [0.15, 0.2) is 88.0 Å². The van der Waals surface area contributed by atoms with E-state index in [4.69, 9.17) is 8.83 Å². The Morgan fingerprint density at radius 1 is 0.951 bits per heavy atom. The molecule has 6 rings (SSSR count). The number of carbonyl (C=O) groups is 1. The van der Waals surface area contributed by atoms with Crippen LogP contribution < -0.4 is 9.62 Å². The fraction of sp³-hybridized carbons (Fsp3) is 0.100. The third-order valence-electron chi connectivity index (χ3n) is 6.82. The van der Waals surface area contributed by atoms with Gasteiger partial charge in [0.05, 0.1) is 23.7 Å². The summed E-state index contributed by atoms with van der Waals surface area (Å²) in [5.74, 6) is -0.229. The minimum atomic E-state index is -3.68. The summed E-state index contributed by atoms with van der Waals surface area (Å²) in [6.07, 6.45) is 4.31. The second-order valence-electron chi connectivity index (χ2n) is 9.43. The quantitative estimate of drug-likeness (QED) is 0.266. The lowest BCUT2D eigenvalue weighted by atomic mass is 9.97. The molecule has 9 nitrogen and oxygen atoms in total. The van der Waals surface area contributed by atoms with Gasteiger partial charge in [-0.2, -0.15) is 0 Å². The highest BCUT2D eigenvalue weighted by Gasteiger charge is 2.26. The molecule has 0 aliphatic carbocycles. The Hall–Kier alpha value is -5.03. The van der Waals surface area contributed by atoms with Crippen LogP contribution in [0.1, 0.15) is 10.4 Å². The van der Waals surface area contributed by atoms with Gasteiger partial charge >= 0.3 is 0 Å². The highest BCUT2D eigenvalue weighted by molar-refractivity contribution is 7.92. The molecular formula is C30H23FN4O5S. The first kappa shape index (κ1) is 26.2. The molecule has 0 saturated heterocycles. The molecule has 3 aromatic heterocycles. The van der Waals surface area contributed by atoms with E-state index in [0.29, 0.717) is 55.9 Å². The van der Waals surface area contributed by atoms with Crippen molar-refractivity contribution in [2.24, 2.45) is 0 Å². The SMILES string of the molecule is CNC(=O)c1c(-c2ccc(F)cc2)oc2cc(N(C)S(C)(=O)=O)c(-c3cccc(-c4nc5ccncc5o4)c3)cc12. The summed E-state index contributed by atoms with van der Waals surface area (Å²) in [7, 11) is -0.736. The Labute approximate surface area is 234 Å². The summed E-state index contributed by atoms with van der Waals surface area (Å²) < 4.78 is 52.2. The zero-order valence-electron chi connectivity index (χ0n) is 22.2. The highest BCUT2D eigenvalue weighted by atomic mass is 32.2. The average molecular weight is 571 g/mol. The number of oxazole rings is 1. The Bertz CT molecular complexity index is 2030. The molecule has 0 bridgehead atoms. The van der Waals surface area contributed by atoms with Crippen LogP contribution in [0.2, 0.25) is 0 Å². The van der Waals surface area contributed by atoms with Crippen molar-refractivity contribution < 1.29 is 26.4 Å². The lowest BCUT2D eigenvalue weighted by molar-refractivity contribution is 0.0964. The van der Waals surface area contributed by atoms with E-state index in [-0.39, 0.29) is 11.3 Å². The molecule has 0 radical (unpaired) electrons. The van der Waals surface area contributed by atoms with E-state index in [1.54, 1.807) is 30.6 Å². The Morgan fingerprint density at radius 3 is 2.41 bits per heavy atom. The molecule has 0 aliphatic heterocycles. The predicted octanol–water partition coefficient (Wildman–Crippen LogP) is 5.86. The maximum Gasteiger partial charge on any atom is 0.255 e. The van der Waals surface area contributed by atoms with Gasteiger partial charge in [0.1, 0.15) is 22.7 Å². The van der Waals surface area contributed by atoms with Gasteiger partial charge in [-0.05, 0) is 54.1 Å². The van der Waals surface area contributed by atoms with Gasteiger partial charge in [0.2, 0.25) is 15.9 Å². The van der Waals surface area contributed by atoms with Gasteiger partial charge in [-0.15, -0.1) is 0 Å². The van der Waals surface area contributed by atoms with E-state index in [9.17, 15) is 17.6 Å². The fourth-order valence-electron chi connectivity index (χ4n) is 4.68. The number of hydrogen-bond acceptors (Lipinski definition) is 7. The highest BCUT2D eigenvalue weighted by Crippen LogP contribution is 2.42. The molecule has 0 spiro atoms. The number of anilines is 1. The van der Waals surface area contributed by atoms with Crippen LogP contribution in [-0.2, 0) is 10.0 Å². The largest absolute Gasteiger partial charge is 0.455 e. The standard InChI is InChI=1S/C30H23FN4O5S/c1-32-29(36)27-22-14-21(18-5-4-6-19(13-18)30-34-23-11-12-33-16-26(23)40-30)24(35(2)41(3,37)38)15-25(22)39-28(27)17-7-9-20(31)10-8-17/h4-16H,1-3H3,(H,32,36). The molecule has 11 heteroatoms. The number of carbonyl (C=O) groups excluding carboxylic acids is 1. The van der Waals surface area contributed by atoms with E-state index in [2.05, 4.69) is 15.3 Å². The number of amides is 1. The molecule has 206 valence electrons. The van der Waals surface area contributed by atoms with Crippen molar-refractivity contribution in [3.63, 3.8) is 0 Å². The van der Waals surface area contributed by atoms with Gasteiger partial charge in [0, 0.05) is 48.4 Å². The van der Waals surface area contributed by atoms with Crippen LogP contribution in [0.3, 0.4) is 0 Å². The third kappa shape index (κ3) is 4.70. The summed E-state index contributed by atoms with van der Waals surface area (Å²) in [5, 5.41) is 3.10. The number of pyridine rings is 1. The zero-order chi connectivity index (χ0) is 28.9. The van der Waals surface area contributed by atoms with E-state index >= 15 is 0 Å². The topological polar surface area (TPSA) is 119 Å². The fourth-order valence-corrected chi connectivity index (χ4v) is 5.19. The van der Waals surface area contributed by atoms with Gasteiger partial charge in [0.15, 0.2) is 5.58 Å². The van der Waals surface area contributed by atoms with Crippen molar-refractivity contribution in [3.05, 3.63) is 90.5 Å². The third-order valence-corrected chi connectivity index (χ3v) is 8.01. The normalized spacial score (nSPS) is 11.7. The van der Waals surface area contributed by atoms with Crippen molar-refractivity contribution >= 4 is 43.7 Å². The molecule has 0 aliphatic rings. The van der Waals surface area contributed by atoms with Gasteiger partial charge < -0.3 is 14.2 Å². The second kappa shape index (κ2) is 9.86. The summed E-state index contributed by atoms with van der Waals surface area (Å²) in [5.41, 5.74) is 4.40. The molecule has 0 fully saturated rings. The van der Waals surface area contributed by atoms with Crippen LogP contribution >= 0.6 is 0 Å². The van der Waals surface area contributed by atoms with Gasteiger partial charge in [0.25, 0.3) is 5.91 Å². The van der Waals surface area contributed by atoms with E-state index in [0.717, 1.165) is 10.6 Å². The predicted molar refractivity (Wildman–Crippen MR) is 154 cm³/mol. The van der Waals surface area contributed by atoms with Crippen LogP contribution in [0.5, 0.6) is 0 Å². The molecule has 41 heavy (non-hydrogen) atoms. The summed E-state index contributed by atoms with van der Waals surface area (Å²) >= 11 is 0. The maximum absolute atomic E-state index is 13.7. The van der Waals surface area contributed by atoms with E-state index < -0.39 is 21.7 Å². The molecule has 0 atom stereocenters. The van der Waals surface area contributed by atoms with Crippen LogP contribution in [-0.4, -0.2) is 44.6 Å². The van der Waals surface area contributed by atoms with Crippen LogP contribution in [0, 0.1) is 5.82 Å². The number of furan rings is 1. The summed E-state index contributed by atoms with van der Waals surface area (Å²) in [6, 6.07) is 18.0. The van der Waals surface area contributed by atoms with Crippen LogP contribution in [0.4, 0.5) is 10.1 Å². The van der Waals surface area contributed by atoms with Crippen molar-refractivity contribution in [2.45, 2.75) is 0 Å². The van der Waals surface area contributed by atoms with E-state index in [1.807, 2.05) is 24.3 Å². The van der Waals surface area contributed by atoms with Gasteiger partial charge in [-0.1, -0.05) is 12.1 Å². The van der Waals surface area contributed by atoms with Crippen LogP contribution in [0.25, 0.3) is 56.0 Å². The van der Waals surface area contributed by atoms with Crippen molar-refractivity contribution in [1.82, 2.24) is 15.3 Å². The van der Waals surface area contributed by atoms with Crippen molar-refractivity contribution in [2.75, 3.05) is 24.7 Å². The molecule has 6 aromatic rings. The number of nitrogens with one attached hydrogen (secondary N) is 1.